The van der Waals surface area contributed by atoms with Gasteiger partial charge < -0.3 is 15.2 Å². The standard InChI is InChI=1S/C11H22N2O4/c1-4-5-9(11(15)16)12-6-10(14)13-8(2)7-17-3/h8-9,12H,4-7H2,1-3H3,(H,13,14)(H,15,16). The Balaban J connectivity index is 3.91. The average molecular weight is 246 g/mol. The van der Waals surface area contributed by atoms with Gasteiger partial charge >= 0.3 is 5.97 Å². The molecule has 0 heterocycles. The van der Waals surface area contributed by atoms with Crippen LogP contribution in [0.5, 0.6) is 0 Å². The molecule has 0 aliphatic carbocycles. The van der Waals surface area contributed by atoms with Crippen LogP contribution in [-0.4, -0.2) is 49.3 Å². The van der Waals surface area contributed by atoms with E-state index in [1.54, 1.807) is 7.11 Å². The lowest BCUT2D eigenvalue weighted by Gasteiger charge is -2.16. The number of hydrogen-bond donors (Lipinski definition) is 3. The van der Waals surface area contributed by atoms with Crippen LogP contribution in [0.2, 0.25) is 0 Å². The Morgan fingerprint density at radius 1 is 1.41 bits per heavy atom. The number of methoxy groups -OCH3 is 1. The number of ether oxygens (including phenoxy) is 1. The average Bonchev–Trinajstić information content (AvgIpc) is 2.23. The van der Waals surface area contributed by atoms with E-state index < -0.39 is 12.0 Å². The van der Waals surface area contributed by atoms with E-state index >= 15 is 0 Å². The zero-order valence-electron chi connectivity index (χ0n) is 10.7. The summed E-state index contributed by atoms with van der Waals surface area (Å²) >= 11 is 0. The Morgan fingerprint density at radius 3 is 2.53 bits per heavy atom. The van der Waals surface area contributed by atoms with E-state index in [9.17, 15) is 9.59 Å². The van der Waals surface area contributed by atoms with Gasteiger partial charge in [0.2, 0.25) is 5.91 Å². The van der Waals surface area contributed by atoms with E-state index in [1.165, 1.54) is 0 Å². The minimum atomic E-state index is -0.926. The fourth-order valence-electron chi connectivity index (χ4n) is 1.43. The molecule has 3 N–H and O–H groups in total. The van der Waals surface area contributed by atoms with E-state index in [1.807, 2.05) is 13.8 Å². The monoisotopic (exact) mass is 246 g/mol. The van der Waals surface area contributed by atoms with Crippen LogP contribution in [0.1, 0.15) is 26.7 Å². The number of rotatable bonds is 9. The van der Waals surface area contributed by atoms with Gasteiger partial charge in [-0.2, -0.15) is 0 Å². The Kier molecular flexibility index (Phi) is 8.35. The van der Waals surface area contributed by atoms with Crippen LogP contribution >= 0.6 is 0 Å². The van der Waals surface area contributed by atoms with Gasteiger partial charge in [-0.3, -0.25) is 14.9 Å². The molecule has 0 aromatic carbocycles. The lowest BCUT2D eigenvalue weighted by atomic mass is 10.1. The molecule has 0 rings (SSSR count). The first-order valence-corrected chi connectivity index (χ1v) is 5.75. The molecular weight excluding hydrogens is 224 g/mol. The van der Waals surface area contributed by atoms with Crippen molar-refractivity contribution in [1.82, 2.24) is 10.6 Å². The van der Waals surface area contributed by atoms with Crippen molar-refractivity contribution in [3.05, 3.63) is 0 Å². The van der Waals surface area contributed by atoms with Crippen LogP contribution in [-0.2, 0) is 14.3 Å². The summed E-state index contributed by atoms with van der Waals surface area (Å²) < 4.78 is 4.88. The predicted octanol–water partition coefficient (Wildman–Crippen LogP) is -0.0196. The highest BCUT2D eigenvalue weighted by molar-refractivity contribution is 5.80. The first-order valence-electron chi connectivity index (χ1n) is 5.75. The van der Waals surface area contributed by atoms with E-state index in [4.69, 9.17) is 9.84 Å². The molecule has 0 aliphatic heterocycles. The molecule has 0 saturated heterocycles. The van der Waals surface area contributed by atoms with E-state index in [-0.39, 0.29) is 18.5 Å². The van der Waals surface area contributed by atoms with Crippen LogP contribution in [0.4, 0.5) is 0 Å². The molecule has 0 aliphatic rings. The summed E-state index contributed by atoms with van der Waals surface area (Å²) in [5.41, 5.74) is 0. The third kappa shape index (κ3) is 7.70. The maximum atomic E-state index is 11.4. The molecule has 2 atom stereocenters. The predicted molar refractivity (Wildman–Crippen MR) is 63.8 cm³/mol. The summed E-state index contributed by atoms with van der Waals surface area (Å²) in [6.45, 7) is 4.16. The van der Waals surface area contributed by atoms with Crippen LogP contribution < -0.4 is 10.6 Å². The van der Waals surface area contributed by atoms with Crippen LogP contribution in [0.3, 0.4) is 0 Å². The van der Waals surface area contributed by atoms with Crippen LogP contribution in [0.15, 0.2) is 0 Å². The summed E-state index contributed by atoms with van der Waals surface area (Å²) in [6, 6.07) is -0.743. The van der Waals surface area contributed by atoms with E-state index in [0.717, 1.165) is 6.42 Å². The van der Waals surface area contributed by atoms with Crippen molar-refractivity contribution >= 4 is 11.9 Å². The minimum absolute atomic E-state index is 0.00498. The number of carboxylic acids is 1. The molecule has 0 radical (unpaired) electrons. The molecule has 100 valence electrons. The summed E-state index contributed by atoms with van der Waals surface area (Å²) in [6.07, 6.45) is 1.27. The zero-order chi connectivity index (χ0) is 13.3. The first kappa shape index (κ1) is 15.9. The summed E-state index contributed by atoms with van der Waals surface area (Å²) in [5, 5.41) is 14.3. The van der Waals surface area contributed by atoms with Crippen molar-refractivity contribution < 1.29 is 19.4 Å². The second-order valence-corrected chi connectivity index (χ2v) is 3.98. The van der Waals surface area contributed by atoms with Crippen molar-refractivity contribution in [2.24, 2.45) is 0 Å². The number of carbonyl (C=O) groups excluding carboxylic acids is 1. The maximum Gasteiger partial charge on any atom is 0.320 e. The highest BCUT2D eigenvalue weighted by Crippen LogP contribution is 1.96. The number of hydrogen-bond acceptors (Lipinski definition) is 4. The molecule has 0 spiro atoms. The van der Waals surface area contributed by atoms with Crippen molar-refractivity contribution in [3.8, 4) is 0 Å². The minimum Gasteiger partial charge on any atom is -0.480 e. The fraction of sp³-hybridized carbons (Fsp3) is 0.818. The molecule has 6 nitrogen and oxygen atoms in total. The molecule has 0 aromatic heterocycles. The maximum absolute atomic E-state index is 11.4. The zero-order valence-corrected chi connectivity index (χ0v) is 10.7. The van der Waals surface area contributed by atoms with Gasteiger partial charge in [-0.1, -0.05) is 13.3 Å². The number of aliphatic carboxylic acids is 1. The normalized spacial score (nSPS) is 14.1. The van der Waals surface area contributed by atoms with Crippen molar-refractivity contribution in [2.45, 2.75) is 38.8 Å². The van der Waals surface area contributed by atoms with Crippen molar-refractivity contribution in [3.63, 3.8) is 0 Å². The summed E-state index contributed by atoms with van der Waals surface area (Å²) in [7, 11) is 1.56. The summed E-state index contributed by atoms with van der Waals surface area (Å²) in [5.74, 6) is -1.15. The molecule has 1 amide bonds. The lowest BCUT2D eigenvalue weighted by Crippen LogP contribution is -2.45. The summed E-state index contributed by atoms with van der Waals surface area (Å²) in [4.78, 5) is 22.2. The van der Waals surface area contributed by atoms with Gasteiger partial charge in [0, 0.05) is 13.2 Å². The van der Waals surface area contributed by atoms with Gasteiger partial charge in [-0.25, -0.2) is 0 Å². The molecule has 0 fully saturated rings. The van der Waals surface area contributed by atoms with Crippen LogP contribution in [0, 0.1) is 0 Å². The highest BCUT2D eigenvalue weighted by atomic mass is 16.5. The third-order valence-corrected chi connectivity index (χ3v) is 2.21. The van der Waals surface area contributed by atoms with Crippen LogP contribution in [0.25, 0.3) is 0 Å². The SMILES string of the molecule is CCCC(NCC(=O)NC(C)COC)C(=O)O. The third-order valence-electron chi connectivity index (χ3n) is 2.21. The molecule has 0 saturated carbocycles. The Morgan fingerprint density at radius 2 is 2.06 bits per heavy atom. The number of carbonyl (C=O) groups is 2. The fourth-order valence-corrected chi connectivity index (χ4v) is 1.43. The number of carboxylic acid groups (broad SMARTS) is 1. The molecule has 17 heavy (non-hydrogen) atoms. The molecule has 2 unspecified atom stereocenters. The lowest BCUT2D eigenvalue weighted by molar-refractivity contribution is -0.139. The number of amides is 1. The van der Waals surface area contributed by atoms with E-state index in [2.05, 4.69) is 10.6 Å². The smallest absolute Gasteiger partial charge is 0.320 e. The number of nitrogens with one attached hydrogen (secondary N) is 2. The molecular formula is C11H22N2O4. The first-order chi connectivity index (χ1) is 8.01. The molecule has 6 heteroatoms. The molecule has 0 aromatic rings. The van der Waals surface area contributed by atoms with Gasteiger partial charge in [-0.15, -0.1) is 0 Å². The second-order valence-electron chi connectivity index (χ2n) is 3.98. The van der Waals surface area contributed by atoms with Crippen molar-refractivity contribution in [1.29, 1.82) is 0 Å². The van der Waals surface area contributed by atoms with Gasteiger partial charge in [0.05, 0.1) is 13.2 Å². The van der Waals surface area contributed by atoms with Gasteiger partial charge in [0.15, 0.2) is 0 Å². The van der Waals surface area contributed by atoms with Crippen molar-refractivity contribution in [2.75, 3.05) is 20.3 Å². The topological polar surface area (TPSA) is 87.7 Å². The van der Waals surface area contributed by atoms with Gasteiger partial charge in [0.25, 0.3) is 0 Å². The molecule has 0 bridgehead atoms. The Bertz CT molecular complexity index is 246. The Labute approximate surface area is 102 Å². The van der Waals surface area contributed by atoms with E-state index in [0.29, 0.717) is 13.0 Å². The van der Waals surface area contributed by atoms with Gasteiger partial charge in [-0.05, 0) is 13.3 Å². The quantitative estimate of drug-likeness (QED) is 0.532. The Hall–Kier alpha value is -1.14. The second kappa shape index (κ2) is 8.95. The highest BCUT2D eigenvalue weighted by Gasteiger charge is 2.17. The largest absolute Gasteiger partial charge is 0.480 e. The van der Waals surface area contributed by atoms with Gasteiger partial charge in [0.1, 0.15) is 6.04 Å².